The second kappa shape index (κ2) is 7.25. The van der Waals surface area contributed by atoms with Crippen LogP contribution in [-0.2, 0) is 0 Å². The van der Waals surface area contributed by atoms with Crippen LogP contribution in [0.5, 0.6) is 0 Å². The number of nitrogens with one attached hydrogen (secondary N) is 1. The van der Waals surface area contributed by atoms with E-state index < -0.39 is 10.8 Å². The molecule has 0 aliphatic rings. The van der Waals surface area contributed by atoms with Crippen LogP contribution < -0.4 is 5.73 Å². The van der Waals surface area contributed by atoms with Gasteiger partial charge in [0, 0.05) is 29.5 Å². The highest BCUT2D eigenvalue weighted by atomic mass is 16.6. The van der Waals surface area contributed by atoms with Gasteiger partial charge in [0.05, 0.1) is 16.0 Å². The SMILES string of the molecule is CC(=O)n1nc(-c2ccccc2)c2cc(-c3ccc(C([NH])=O)cc3[N+](=O)[O-])ccc21. The fraction of sp³-hybridized carbons (Fsp3) is 0.0455. The fourth-order valence-corrected chi connectivity index (χ4v) is 3.40. The number of carbonyl (C=O) groups is 2. The molecular formula is C22H15N4O4. The first-order valence-corrected chi connectivity index (χ1v) is 9.00. The van der Waals surface area contributed by atoms with Crippen LogP contribution in [0, 0.1) is 10.1 Å². The standard InChI is InChI=1S/C22H15N4O4/c1-13(27)25-19-10-8-15(11-18(19)21(24-25)14-5-3-2-4-6-14)17-9-7-16(22(23)28)12-20(17)26(29)30/h2-12,23H,1H3. The van der Waals surface area contributed by atoms with Crippen LogP contribution in [-0.4, -0.2) is 26.5 Å². The third-order valence-corrected chi connectivity index (χ3v) is 4.79. The minimum atomic E-state index is -0.991. The second-order valence-corrected chi connectivity index (χ2v) is 6.70. The smallest absolute Gasteiger partial charge is 0.273 e. The number of benzene rings is 3. The van der Waals surface area contributed by atoms with Gasteiger partial charge in [-0.1, -0.05) is 36.4 Å². The molecule has 1 heterocycles. The van der Waals surface area contributed by atoms with Crippen molar-refractivity contribution in [2.24, 2.45) is 0 Å². The van der Waals surface area contributed by atoms with Gasteiger partial charge in [-0.25, -0.2) is 0 Å². The molecule has 1 N–H and O–H groups in total. The normalized spacial score (nSPS) is 10.8. The van der Waals surface area contributed by atoms with Gasteiger partial charge < -0.3 is 0 Å². The van der Waals surface area contributed by atoms with Crippen molar-refractivity contribution in [2.45, 2.75) is 6.92 Å². The van der Waals surface area contributed by atoms with Crippen molar-refractivity contribution in [2.75, 3.05) is 0 Å². The van der Waals surface area contributed by atoms with E-state index >= 15 is 0 Å². The van der Waals surface area contributed by atoms with Crippen LogP contribution in [0.4, 0.5) is 5.69 Å². The Bertz CT molecular complexity index is 1330. The predicted octanol–water partition coefficient (Wildman–Crippen LogP) is 4.36. The zero-order valence-corrected chi connectivity index (χ0v) is 15.8. The van der Waals surface area contributed by atoms with Gasteiger partial charge in [-0.2, -0.15) is 9.78 Å². The lowest BCUT2D eigenvalue weighted by molar-refractivity contribution is -0.384. The summed E-state index contributed by atoms with van der Waals surface area (Å²) in [7, 11) is 0. The Labute approximate surface area is 170 Å². The second-order valence-electron chi connectivity index (χ2n) is 6.70. The molecule has 1 aromatic heterocycles. The van der Waals surface area contributed by atoms with E-state index in [9.17, 15) is 19.7 Å². The highest BCUT2D eigenvalue weighted by Gasteiger charge is 2.21. The summed E-state index contributed by atoms with van der Waals surface area (Å²) in [6, 6.07) is 18.4. The Hall–Kier alpha value is -4.33. The third kappa shape index (κ3) is 3.20. The summed E-state index contributed by atoms with van der Waals surface area (Å²) < 4.78 is 1.30. The van der Waals surface area contributed by atoms with Gasteiger partial charge in [0.25, 0.3) is 11.6 Å². The minimum absolute atomic E-state index is 0.0547. The molecule has 0 saturated heterocycles. The Balaban J connectivity index is 1.98. The van der Waals surface area contributed by atoms with E-state index in [-0.39, 0.29) is 17.2 Å². The Morgan fingerprint density at radius 1 is 1.00 bits per heavy atom. The van der Waals surface area contributed by atoms with Gasteiger partial charge >= 0.3 is 0 Å². The van der Waals surface area contributed by atoms with Crippen LogP contribution in [0.2, 0.25) is 0 Å². The van der Waals surface area contributed by atoms with Gasteiger partial charge in [0.2, 0.25) is 5.91 Å². The van der Waals surface area contributed by atoms with E-state index in [1.807, 2.05) is 30.3 Å². The van der Waals surface area contributed by atoms with Crippen molar-refractivity contribution in [1.82, 2.24) is 15.5 Å². The average Bonchev–Trinajstić information content (AvgIpc) is 3.13. The minimum Gasteiger partial charge on any atom is -0.273 e. The monoisotopic (exact) mass is 399 g/mol. The molecule has 0 unspecified atom stereocenters. The largest absolute Gasteiger partial charge is 0.277 e. The third-order valence-electron chi connectivity index (χ3n) is 4.79. The highest BCUT2D eigenvalue weighted by molar-refractivity contribution is 6.01. The Morgan fingerprint density at radius 2 is 1.73 bits per heavy atom. The number of nitro groups is 1. The van der Waals surface area contributed by atoms with Crippen molar-refractivity contribution < 1.29 is 14.5 Å². The summed E-state index contributed by atoms with van der Waals surface area (Å²) in [6.45, 7) is 1.41. The molecule has 0 fully saturated rings. The zero-order chi connectivity index (χ0) is 21.4. The summed E-state index contributed by atoms with van der Waals surface area (Å²) in [6.07, 6.45) is 0. The maximum Gasteiger partial charge on any atom is 0.277 e. The van der Waals surface area contributed by atoms with E-state index in [1.54, 1.807) is 18.2 Å². The van der Waals surface area contributed by atoms with E-state index in [0.29, 0.717) is 27.7 Å². The van der Waals surface area contributed by atoms with Crippen molar-refractivity contribution >= 4 is 28.4 Å². The lowest BCUT2D eigenvalue weighted by Gasteiger charge is -2.06. The van der Waals surface area contributed by atoms with Crippen molar-refractivity contribution in [3.05, 3.63) is 82.4 Å². The molecule has 0 atom stereocenters. The summed E-state index contributed by atoms with van der Waals surface area (Å²) in [5.41, 5.74) is 9.71. The van der Waals surface area contributed by atoms with Gasteiger partial charge in [0.15, 0.2) is 0 Å². The fourth-order valence-electron chi connectivity index (χ4n) is 3.40. The van der Waals surface area contributed by atoms with Crippen LogP contribution in [0.25, 0.3) is 33.3 Å². The number of amides is 1. The van der Waals surface area contributed by atoms with E-state index in [4.69, 9.17) is 5.73 Å². The predicted molar refractivity (Wildman–Crippen MR) is 111 cm³/mol. The Morgan fingerprint density at radius 3 is 2.37 bits per heavy atom. The van der Waals surface area contributed by atoms with Gasteiger partial charge in [-0.15, -0.1) is 0 Å². The van der Waals surface area contributed by atoms with Gasteiger partial charge in [-0.05, 0) is 29.8 Å². The molecule has 0 spiro atoms. The molecule has 1 radical (unpaired) electrons. The lowest BCUT2D eigenvalue weighted by atomic mass is 9.98. The van der Waals surface area contributed by atoms with E-state index in [2.05, 4.69) is 5.10 Å². The van der Waals surface area contributed by atoms with Crippen LogP contribution in [0.1, 0.15) is 22.1 Å². The number of aromatic nitrogens is 2. The maximum atomic E-state index is 12.1. The molecule has 8 nitrogen and oxygen atoms in total. The molecule has 0 aliphatic heterocycles. The van der Waals surface area contributed by atoms with Crippen LogP contribution in [0.15, 0.2) is 66.7 Å². The molecule has 4 rings (SSSR count). The van der Waals surface area contributed by atoms with Crippen molar-refractivity contribution in [1.29, 1.82) is 0 Å². The molecule has 147 valence electrons. The summed E-state index contributed by atoms with van der Waals surface area (Å²) >= 11 is 0. The molecule has 8 heteroatoms. The summed E-state index contributed by atoms with van der Waals surface area (Å²) in [4.78, 5) is 34.4. The molecular weight excluding hydrogens is 384 g/mol. The number of rotatable bonds is 4. The summed E-state index contributed by atoms with van der Waals surface area (Å²) in [5, 5.41) is 16.7. The van der Waals surface area contributed by atoms with Crippen molar-refractivity contribution in [3.8, 4) is 22.4 Å². The van der Waals surface area contributed by atoms with Gasteiger partial charge in [-0.3, -0.25) is 25.4 Å². The molecule has 30 heavy (non-hydrogen) atoms. The van der Waals surface area contributed by atoms with Gasteiger partial charge in [0.1, 0.15) is 5.69 Å². The molecule has 3 aromatic carbocycles. The average molecular weight is 399 g/mol. The first-order valence-electron chi connectivity index (χ1n) is 9.00. The number of nitro benzene ring substituents is 1. The number of carbonyl (C=O) groups excluding carboxylic acids is 2. The summed E-state index contributed by atoms with van der Waals surface area (Å²) in [5.74, 6) is -1.24. The van der Waals surface area contributed by atoms with Crippen LogP contribution in [0.3, 0.4) is 0 Å². The molecule has 0 bridgehead atoms. The molecule has 0 aliphatic carbocycles. The van der Waals surface area contributed by atoms with E-state index in [1.165, 1.54) is 23.7 Å². The molecule has 1 amide bonds. The molecule has 4 aromatic rings. The first-order chi connectivity index (χ1) is 14.4. The van der Waals surface area contributed by atoms with Crippen molar-refractivity contribution in [3.63, 3.8) is 0 Å². The number of fused-ring (bicyclic) bond motifs is 1. The zero-order valence-electron chi connectivity index (χ0n) is 15.8. The topological polar surface area (TPSA) is 119 Å². The number of nitrogens with zero attached hydrogens (tertiary/aromatic N) is 3. The number of hydrogen-bond acceptors (Lipinski definition) is 5. The lowest BCUT2D eigenvalue weighted by Crippen LogP contribution is -2.07. The number of hydrogen-bond donors (Lipinski definition) is 0. The highest BCUT2D eigenvalue weighted by Crippen LogP contribution is 2.35. The Kier molecular flexibility index (Phi) is 4.59. The van der Waals surface area contributed by atoms with Crippen LogP contribution >= 0.6 is 0 Å². The maximum absolute atomic E-state index is 12.1. The van der Waals surface area contributed by atoms with E-state index in [0.717, 1.165) is 11.6 Å². The quantitative estimate of drug-likeness (QED) is 0.373. The first kappa shape index (κ1) is 19.0. The molecule has 0 saturated carbocycles.